The van der Waals surface area contributed by atoms with E-state index < -0.39 is 0 Å². The molecule has 1 aliphatic rings. The minimum absolute atomic E-state index is 0.00692. The Bertz CT molecular complexity index is 508. The van der Waals surface area contributed by atoms with Gasteiger partial charge in [-0.2, -0.15) is 0 Å². The maximum absolute atomic E-state index is 12.0. The van der Waals surface area contributed by atoms with Gasteiger partial charge >= 0.3 is 0 Å². The largest absolute Gasteiger partial charge is 0.326 e. The summed E-state index contributed by atoms with van der Waals surface area (Å²) in [6.45, 7) is 4.39. The molecule has 0 aromatic heterocycles. The third-order valence-electron chi connectivity index (χ3n) is 3.43. The third-order valence-corrected chi connectivity index (χ3v) is 3.43. The van der Waals surface area contributed by atoms with Crippen LogP contribution in [0, 0.1) is 6.92 Å². The number of carbonyl (C=O) groups excluding carboxylic acids is 2. The number of nitrogens with one attached hydrogen (secondary N) is 3. The zero-order valence-corrected chi connectivity index (χ0v) is 12.0. The lowest BCUT2D eigenvalue weighted by molar-refractivity contribution is -0.116. The molecule has 1 aliphatic heterocycles. The highest BCUT2D eigenvalue weighted by Gasteiger charge is 2.18. The second-order valence-corrected chi connectivity index (χ2v) is 5.26. The van der Waals surface area contributed by atoms with E-state index in [1.807, 2.05) is 19.1 Å². The van der Waals surface area contributed by atoms with E-state index >= 15 is 0 Å². The van der Waals surface area contributed by atoms with E-state index in [-0.39, 0.29) is 17.9 Å². The van der Waals surface area contributed by atoms with E-state index in [4.69, 9.17) is 0 Å². The number of hydrogen-bond donors (Lipinski definition) is 3. The summed E-state index contributed by atoms with van der Waals surface area (Å²) in [4.78, 5) is 23.1. The van der Waals surface area contributed by atoms with Crippen molar-refractivity contribution in [3.63, 3.8) is 0 Å². The maximum Gasteiger partial charge on any atom is 0.225 e. The first-order chi connectivity index (χ1) is 9.54. The van der Waals surface area contributed by atoms with Crippen LogP contribution in [0.2, 0.25) is 0 Å². The first kappa shape index (κ1) is 14.5. The molecule has 1 aromatic carbocycles. The van der Waals surface area contributed by atoms with Gasteiger partial charge in [0.1, 0.15) is 0 Å². The quantitative estimate of drug-likeness (QED) is 0.787. The summed E-state index contributed by atoms with van der Waals surface area (Å²) in [6.07, 6.45) is 2.68. The van der Waals surface area contributed by atoms with Crippen molar-refractivity contribution in [1.29, 1.82) is 0 Å². The predicted octanol–water partition coefficient (Wildman–Crippen LogP) is 2.03. The van der Waals surface area contributed by atoms with Gasteiger partial charge in [0.25, 0.3) is 0 Å². The smallest absolute Gasteiger partial charge is 0.225 e. The first-order valence-electron chi connectivity index (χ1n) is 6.96. The molecule has 1 atom stereocenters. The van der Waals surface area contributed by atoms with Gasteiger partial charge in [0.2, 0.25) is 11.8 Å². The second-order valence-electron chi connectivity index (χ2n) is 5.26. The van der Waals surface area contributed by atoms with Crippen molar-refractivity contribution >= 4 is 23.2 Å². The van der Waals surface area contributed by atoms with Crippen molar-refractivity contribution < 1.29 is 9.59 Å². The molecule has 2 amide bonds. The standard InChI is InChI=1S/C15H21N3O2/c1-10-5-6-13(17-11(2)19)8-14(10)18-15(20)9-12-4-3-7-16-12/h5-6,8,12,16H,3-4,7,9H2,1-2H3,(H,17,19)(H,18,20). The molecule has 0 spiro atoms. The van der Waals surface area contributed by atoms with E-state index in [0.29, 0.717) is 12.1 Å². The molecule has 2 rings (SSSR count). The fraction of sp³-hybridized carbons (Fsp3) is 0.467. The lowest BCUT2D eigenvalue weighted by atomic mass is 10.1. The van der Waals surface area contributed by atoms with Crippen LogP contribution in [0.15, 0.2) is 18.2 Å². The average Bonchev–Trinajstić information content (AvgIpc) is 2.85. The Morgan fingerprint density at radius 1 is 1.35 bits per heavy atom. The average molecular weight is 275 g/mol. The number of hydrogen-bond acceptors (Lipinski definition) is 3. The molecule has 1 heterocycles. The predicted molar refractivity (Wildman–Crippen MR) is 79.8 cm³/mol. The Balaban J connectivity index is 1.99. The Morgan fingerprint density at radius 3 is 2.80 bits per heavy atom. The fourth-order valence-electron chi connectivity index (χ4n) is 2.39. The molecular formula is C15H21N3O2. The van der Waals surface area contributed by atoms with Gasteiger partial charge in [-0.15, -0.1) is 0 Å². The van der Waals surface area contributed by atoms with Crippen molar-refractivity contribution in [1.82, 2.24) is 5.32 Å². The van der Waals surface area contributed by atoms with E-state index in [1.54, 1.807) is 6.07 Å². The molecule has 108 valence electrons. The Morgan fingerprint density at radius 2 is 2.15 bits per heavy atom. The van der Waals surface area contributed by atoms with Gasteiger partial charge < -0.3 is 16.0 Å². The normalized spacial score (nSPS) is 17.8. The molecule has 0 saturated carbocycles. The van der Waals surface area contributed by atoms with Crippen molar-refractivity contribution in [2.24, 2.45) is 0 Å². The molecule has 1 fully saturated rings. The van der Waals surface area contributed by atoms with Crippen LogP contribution in [0.4, 0.5) is 11.4 Å². The van der Waals surface area contributed by atoms with Crippen LogP contribution in [0.5, 0.6) is 0 Å². The van der Waals surface area contributed by atoms with Crippen molar-refractivity contribution in [2.45, 2.75) is 39.2 Å². The van der Waals surface area contributed by atoms with E-state index in [1.165, 1.54) is 6.92 Å². The molecule has 5 heteroatoms. The minimum Gasteiger partial charge on any atom is -0.326 e. The number of aryl methyl sites for hydroxylation is 1. The first-order valence-corrected chi connectivity index (χ1v) is 6.96. The van der Waals surface area contributed by atoms with Crippen LogP contribution in [0.1, 0.15) is 31.7 Å². The lowest BCUT2D eigenvalue weighted by Crippen LogP contribution is -2.27. The fourth-order valence-corrected chi connectivity index (χ4v) is 2.39. The number of amides is 2. The summed E-state index contributed by atoms with van der Waals surface area (Å²) in [7, 11) is 0. The number of rotatable bonds is 4. The van der Waals surface area contributed by atoms with Gasteiger partial charge in [-0.25, -0.2) is 0 Å². The molecule has 20 heavy (non-hydrogen) atoms. The second kappa shape index (κ2) is 6.52. The Labute approximate surface area is 119 Å². The van der Waals surface area contributed by atoms with Crippen LogP contribution in [0.3, 0.4) is 0 Å². The van der Waals surface area contributed by atoms with Gasteiger partial charge in [-0.1, -0.05) is 6.07 Å². The summed E-state index contributed by atoms with van der Waals surface area (Å²) in [6, 6.07) is 5.78. The summed E-state index contributed by atoms with van der Waals surface area (Å²) < 4.78 is 0. The summed E-state index contributed by atoms with van der Waals surface area (Å²) in [5.41, 5.74) is 2.42. The van der Waals surface area contributed by atoms with Crippen LogP contribution < -0.4 is 16.0 Å². The van der Waals surface area contributed by atoms with Gasteiger partial charge in [-0.05, 0) is 44.0 Å². The molecule has 0 bridgehead atoms. The SMILES string of the molecule is CC(=O)Nc1ccc(C)c(NC(=O)CC2CCCN2)c1. The Hall–Kier alpha value is -1.88. The third kappa shape index (κ3) is 4.06. The summed E-state index contributed by atoms with van der Waals surface area (Å²) >= 11 is 0. The van der Waals surface area contributed by atoms with E-state index in [9.17, 15) is 9.59 Å². The molecule has 1 aromatic rings. The minimum atomic E-state index is -0.124. The Kier molecular flexibility index (Phi) is 4.74. The number of carbonyl (C=O) groups is 2. The monoisotopic (exact) mass is 275 g/mol. The van der Waals surface area contributed by atoms with Gasteiger partial charge in [-0.3, -0.25) is 9.59 Å². The molecule has 0 aliphatic carbocycles. The van der Waals surface area contributed by atoms with Gasteiger partial charge in [0, 0.05) is 30.8 Å². The molecule has 5 nitrogen and oxygen atoms in total. The van der Waals surface area contributed by atoms with Crippen LogP contribution in [0.25, 0.3) is 0 Å². The number of benzene rings is 1. The molecule has 3 N–H and O–H groups in total. The zero-order valence-electron chi connectivity index (χ0n) is 12.0. The molecular weight excluding hydrogens is 254 g/mol. The molecule has 1 unspecified atom stereocenters. The van der Waals surface area contributed by atoms with Crippen LogP contribution in [-0.4, -0.2) is 24.4 Å². The zero-order chi connectivity index (χ0) is 14.5. The topological polar surface area (TPSA) is 70.2 Å². The van der Waals surface area contributed by atoms with E-state index in [0.717, 1.165) is 30.6 Å². The highest BCUT2D eigenvalue weighted by molar-refractivity contribution is 5.94. The lowest BCUT2D eigenvalue weighted by Gasteiger charge is -2.13. The van der Waals surface area contributed by atoms with Crippen LogP contribution in [-0.2, 0) is 9.59 Å². The van der Waals surface area contributed by atoms with Crippen molar-refractivity contribution in [2.75, 3.05) is 17.2 Å². The molecule has 1 saturated heterocycles. The van der Waals surface area contributed by atoms with Gasteiger partial charge in [0.15, 0.2) is 0 Å². The number of anilines is 2. The summed E-state index contributed by atoms with van der Waals surface area (Å²) in [5, 5.41) is 8.94. The van der Waals surface area contributed by atoms with Gasteiger partial charge in [0.05, 0.1) is 0 Å². The highest BCUT2D eigenvalue weighted by Crippen LogP contribution is 2.21. The molecule has 0 radical (unpaired) electrons. The maximum atomic E-state index is 12.0. The van der Waals surface area contributed by atoms with E-state index in [2.05, 4.69) is 16.0 Å². The summed E-state index contributed by atoms with van der Waals surface area (Å²) in [5.74, 6) is -0.117. The van der Waals surface area contributed by atoms with Crippen LogP contribution >= 0.6 is 0 Å². The highest BCUT2D eigenvalue weighted by atomic mass is 16.2. The van der Waals surface area contributed by atoms with Crippen molar-refractivity contribution in [3.05, 3.63) is 23.8 Å². The van der Waals surface area contributed by atoms with Crippen molar-refractivity contribution in [3.8, 4) is 0 Å².